The van der Waals surface area contributed by atoms with Crippen LogP contribution in [-0.2, 0) is 5.41 Å². The lowest BCUT2D eigenvalue weighted by atomic mass is 9.70. The van der Waals surface area contributed by atoms with Gasteiger partial charge in [0.1, 0.15) is 0 Å². The van der Waals surface area contributed by atoms with Gasteiger partial charge in [-0.2, -0.15) is 5.10 Å². The topological polar surface area (TPSA) is 106 Å². The van der Waals surface area contributed by atoms with Gasteiger partial charge >= 0.3 is 0 Å². The van der Waals surface area contributed by atoms with Crippen molar-refractivity contribution in [1.29, 1.82) is 0 Å². The lowest BCUT2D eigenvalue weighted by molar-refractivity contribution is 0.0784. The van der Waals surface area contributed by atoms with Crippen molar-refractivity contribution in [1.82, 2.24) is 24.8 Å². The van der Waals surface area contributed by atoms with E-state index in [9.17, 15) is 9.59 Å². The molecule has 3 aromatic heterocycles. The van der Waals surface area contributed by atoms with Gasteiger partial charge in [-0.15, -0.1) is 0 Å². The lowest BCUT2D eigenvalue weighted by Gasteiger charge is -2.37. The molecule has 4 heterocycles. The summed E-state index contributed by atoms with van der Waals surface area (Å²) in [5.41, 5.74) is 8.52. The van der Waals surface area contributed by atoms with Crippen LogP contribution in [0.1, 0.15) is 64.9 Å². The van der Waals surface area contributed by atoms with Crippen LogP contribution in [0.2, 0.25) is 0 Å². The van der Waals surface area contributed by atoms with Crippen LogP contribution in [0.15, 0.2) is 48.9 Å². The molecule has 1 saturated heterocycles. The van der Waals surface area contributed by atoms with Crippen molar-refractivity contribution in [3.63, 3.8) is 0 Å². The smallest absolute Gasteiger partial charge is 0.274 e. The second kappa shape index (κ2) is 8.94. The third-order valence-electron chi connectivity index (χ3n) is 7.15. The predicted octanol–water partition coefficient (Wildman–Crippen LogP) is 2.53. The number of carbonyl (C=O) groups is 2. The molecule has 172 valence electrons. The molecule has 1 saturated carbocycles. The fourth-order valence-electron chi connectivity index (χ4n) is 5.26. The number of nitrogens with zero attached hydrogens (tertiary/aromatic N) is 4. The standard InChI is InChI=1S/C25H30N6O2/c26-19-8-13-30(16-19)24(33)21-14-22-20(7-5-12-31(22)29-21)23(32)28-17-25(9-2-1-3-10-25)18-6-4-11-27-15-18/h4-7,11-12,14-15,19H,1-3,8-10,13,16-17,26H2,(H,28,32)/t19-/m1/s1. The molecule has 0 unspecified atom stereocenters. The van der Waals surface area contributed by atoms with Crippen LogP contribution in [0.5, 0.6) is 0 Å². The highest BCUT2D eigenvalue weighted by Crippen LogP contribution is 2.38. The zero-order valence-corrected chi connectivity index (χ0v) is 18.7. The van der Waals surface area contributed by atoms with Crippen molar-refractivity contribution < 1.29 is 9.59 Å². The van der Waals surface area contributed by atoms with Gasteiger partial charge in [0, 0.05) is 49.7 Å². The first kappa shape index (κ1) is 21.6. The first-order valence-electron chi connectivity index (χ1n) is 11.8. The summed E-state index contributed by atoms with van der Waals surface area (Å²) in [6, 6.07) is 9.37. The van der Waals surface area contributed by atoms with Crippen molar-refractivity contribution in [2.75, 3.05) is 19.6 Å². The summed E-state index contributed by atoms with van der Waals surface area (Å²) >= 11 is 0. The highest BCUT2D eigenvalue weighted by atomic mass is 16.2. The van der Waals surface area contributed by atoms with E-state index in [0.29, 0.717) is 36.4 Å². The highest BCUT2D eigenvalue weighted by molar-refractivity contribution is 6.02. The van der Waals surface area contributed by atoms with Gasteiger partial charge in [-0.05, 0) is 49.1 Å². The number of likely N-dealkylation sites (tertiary alicyclic amines) is 1. The molecule has 3 aromatic rings. The molecule has 8 nitrogen and oxygen atoms in total. The van der Waals surface area contributed by atoms with Crippen LogP contribution in [0.25, 0.3) is 5.52 Å². The first-order valence-corrected chi connectivity index (χ1v) is 11.8. The molecule has 1 aliphatic carbocycles. The van der Waals surface area contributed by atoms with E-state index in [0.717, 1.165) is 32.1 Å². The molecular weight excluding hydrogens is 416 g/mol. The van der Waals surface area contributed by atoms with E-state index in [1.165, 1.54) is 12.0 Å². The first-order chi connectivity index (χ1) is 16.1. The Hall–Kier alpha value is -3.26. The molecule has 2 fully saturated rings. The maximum absolute atomic E-state index is 13.3. The molecule has 1 atom stereocenters. The number of hydrogen-bond acceptors (Lipinski definition) is 5. The zero-order valence-electron chi connectivity index (χ0n) is 18.7. The Morgan fingerprint density at radius 3 is 2.76 bits per heavy atom. The third kappa shape index (κ3) is 4.23. The van der Waals surface area contributed by atoms with Crippen molar-refractivity contribution in [3.8, 4) is 0 Å². The van der Waals surface area contributed by atoms with Crippen LogP contribution in [0.4, 0.5) is 0 Å². The van der Waals surface area contributed by atoms with Gasteiger partial charge in [-0.25, -0.2) is 4.52 Å². The Kier molecular flexibility index (Phi) is 5.85. The van der Waals surface area contributed by atoms with Gasteiger partial charge in [0.15, 0.2) is 5.69 Å². The number of rotatable bonds is 5. The van der Waals surface area contributed by atoms with Gasteiger partial charge in [0.2, 0.25) is 0 Å². The number of nitrogens with one attached hydrogen (secondary N) is 1. The number of pyridine rings is 2. The minimum absolute atomic E-state index is 0.0132. The monoisotopic (exact) mass is 446 g/mol. The Morgan fingerprint density at radius 2 is 2.03 bits per heavy atom. The molecule has 0 bridgehead atoms. The van der Waals surface area contributed by atoms with Crippen molar-refractivity contribution in [2.45, 2.75) is 50.0 Å². The van der Waals surface area contributed by atoms with Gasteiger partial charge in [-0.3, -0.25) is 14.6 Å². The van der Waals surface area contributed by atoms with Crippen molar-refractivity contribution in [2.24, 2.45) is 5.73 Å². The average molecular weight is 447 g/mol. The van der Waals surface area contributed by atoms with E-state index in [4.69, 9.17) is 5.73 Å². The van der Waals surface area contributed by atoms with Gasteiger partial charge in [-0.1, -0.05) is 25.3 Å². The summed E-state index contributed by atoms with van der Waals surface area (Å²) in [6.45, 7) is 1.73. The number of fused-ring (bicyclic) bond motifs is 1. The van der Waals surface area contributed by atoms with Crippen molar-refractivity contribution >= 4 is 17.3 Å². The zero-order chi connectivity index (χ0) is 22.8. The number of aromatic nitrogens is 3. The number of hydrogen-bond donors (Lipinski definition) is 2. The summed E-state index contributed by atoms with van der Waals surface area (Å²) in [4.78, 5) is 32.2. The maximum atomic E-state index is 13.3. The molecule has 3 N–H and O–H groups in total. The molecule has 33 heavy (non-hydrogen) atoms. The summed E-state index contributed by atoms with van der Waals surface area (Å²) in [7, 11) is 0. The van der Waals surface area contributed by atoms with E-state index in [1.54, 1.807) is 40.0 Å². The minimum atomic E-state index is -0.156. The summed E-state index contributed by atoms with van der Waals surface area (Å²) in [5, 5.41) is 7.61. The van der Waals surface area contributed by atoms with Crippen LogP contribution in [0, 0.1) is 0 Å². The molecule has 0 radical (unpaired) electrons. The second-order valence-electron chi connectivity index (χ2n) is 9.35. The number of amides is 2. The lowest BCUT2D eigenvalue weighted by Crippen LogP contribution is -2.42. The van der Waals surface area contributed by atoms with Crippen LogP contribution in [0.3, 0.4) is 0 Å². The number of nitrogens with two attached hydrogens (primary N) is 1. The fourth-order valence-corrected chi connectivity index (χ4v) is 5.26. The Morgan fingerprint density at radius 1 is 1.18 bits per heavy atom. The average Bonchev–Trinajstić information content (AvgIpc) is 3.49. The molecule has 5 rings (SSSR count). The van der Waals surface area contributed by atoms with E-state index in [1.807, 2.05) is 12.3 Å². The Labute approximate surface area is 193 Å². The van der Waals surface area contributed by atoms with E-state index >= 15 is 0 Å². The van der Waals surface area contributed by atoms with E-state index < -0.39 is 0 Å². The summed E-state index contributed by atoms with van der Waals surface area (Å²) in [5.74, 6) is -0.299. The molecular formula is C25H30N6O2. The van der Waals surface area contributed by atoms with Crippen LogP contribution < -0.4 is 11.1 Å². The Balaban J connectivity index is 1.37. The van der Waals surface area contributed by atoms with Crippen LogP contribution >= 0.6 is 0 Å². The highest BCUT2D eigenvalue weighted by Gasteiger charge is 2.35. The minimum Gasteiger partial charge on any atom is -0.351 e. The third-order valence-corrected chi connectivity index (χ3v) is 7.15. The van der Waals surface area contributed by atoms with Crippen molar-refractivity contribution in [3.05, 3.63) is 65.7 Å². The SMILES string of the molecule is N[C@@H]1CCN(C(=O)c2cc3c(C(=O)NCC4(c5cccnc5)CCCCC4)cccn3n2)C1. The normalized spacial score (nSPS) is 20.2. The second-order valence-corrected chi connectivity index (χ2v) is 9.35. The van der Waals surface area contributed by atoms with E-state index in [-0.39, 0.29) is 23.3 Å². The molecule has 0 aromatic carbocycles. The maximum Gasteiger partial charge on any atom is 0.274 e. The van der Waals surface area contributed by atoms with E-state index in [2.05, 4.69) is 21.5 Å². The fraction of sp³-hybridized carbons (Fsp3) is 0.440. The molecule has 8 heteroatoms. The quantitative estimate of drug-likeness (QED) is 0.627. The molecule has 0 spiro atoms. The summed E-state index contributed by atoms with van der Waals surface area (Å²) in [6.07, 6.45) is 11.9. The summed E-state index contributed by atoms with van der Waals surface area (Å²) < 4.78 is 1.61. The van der Waals surface area contributed by atoms with Gasteiger partial charge in [0.25, 0.3) is 11.8 Å². The largest absolute Gasteiger partial charge is 0.351 e. The Bertz CT molecular complexity index is 1150. The number of carbonyl (C=O) groups excluding carboxylic acids is 2. The molecule has 2 amide bonds. The predicted molar refractivity (Wildman–Crippen MR) is 125 cm³/mol. The molecule has 1 aliphatic heterocycles. The van der Waals surface area contributed by atoms with Gasteiger partial charge in [0.05, 0.1) is 11.1 Å². The van der Waals surface area contributed by atoms with Crippen LogP contribution in [-0.4, -0.2) is 57.0 Å². The molecule has 2 aliphatic rings. The van der Waals surface area contributed by atoms with Gasteiger partial charge < -0.3 is 16.0 Å².